The lowest BCUT2D eigenvalue weighted by Crippen LogP contribution is -2.32. The van der Waals surface area contributed by atoms with Gasteiger partial charge in [-0.2, -0.15) is 0 Å². The first kappa shape index (κ1) is 13.1. The molecule has 0 amide bonds. The Hall–Kier alpha value is -0.940. The SMILES string of the molecule is CCCn1nncc1C(NC)C(CC)OC. The molecule has 92 valence electrons. The molecule has 0 aromatic carbocycles. The minimum atomic E-state index is 0.150. The average Bonchev–Trinajstić information content (AvgIpc) is 2.74. The highest BCUT2D eigenvalue weighted by Gasteiger charge is 2.23. The molecule has 1 aromatic rings. The second-order valence-corrected chi connectivity index (χ2v) is 3.83. The topological polar surface area (TPSA) is 52.0 Å². The van der Waals surface area contributed by atoms with Crippen LogP contribution in [0.25, 0.3) is 0 Å². The smallest absolute Gasteiger partial charge is 0.0783 e. The maximum atomic E-state index is 5.48. The summed E-state index contributed by atoms with van der Waals surface area (Å²) in [5.74, 6) is 0. The van der Waals surface area contributed by atoms with Crippen molar-refractivity contribution in [2.45, 2.75) is 45.4 Å². The van der Waals surface area contributed by atoms with E-state index in [-0.39, 0.29) is 12.1 Å². The number of rotatable bonds is 7. The van der Waals surface area contributed by atoms with Gasteiger partial charge in [0.15, 0.2) is 0 Å². The van der Waals surface area contributed by atoms with Gasteiger partial charge in [-0.25, -0.2) is 4.68 Å². The normalized spacial score (nSPS) is 15.0. The van der Waals surface area contributed by atoms with Crippen LogP contribution in [0.4, 0.5) is 0 Å². The van der Waals surface area contributed by atoms with E-state index in [0.717, 1.165) is 25.1 Å². The van der Waals surface area contributed by atoms with Gasteiger partial charge in [-0.15, -0.1) is 5.10 Å². The molecule has 0 saturated heterocycles. The second-order valence-electron chi connectivity index (χ2n) is 3.83. The number of aryl methyl sites for hydroxylation is 1. The van der Waals surface area contributed by atoms with E-state index in [4.69, 9.17) is 4.74 Å². The van der Waals surface area contributed by atoms with Gasteiger partial charge in [-0.3, -0.25) is 0 Å². The standard InChI is InChI=1S/C11H22N4O/c1-5-7-15-9(8-13-14-15)11(12-3)10(6-2)16-4/h8,10-12H,5-7H2,1-4H3. The largest absolute Gasteiger partial charge is 0.379 e. The van der Waals surface area contributed by atoms with Gasteiger partial charge in [0.2, 0.25) is 0 Å². The molecule has 1 aromatic heterocycles. The van der Waals surface area contributed by atoms with Crippen molar-refractivity contribution in [3.8, 4) is 0 Å². The van der Waals surface area contributed by atoms with Crippen molar-refractivity contribution in [1.82, 2.24) is 20.3 Å². The first-order chi connectivity index (χ1) is 7.78. The molecule has 16 heavy (non-hydrogen) atoms. The number of hydrogen-bond donors (Lipinski definition) is 1. The summed E-state index contributed by atoms with van der Waals surface area (Å²) in [6.07, 6.45) is 3.98. The van der Waals surface area contributed by atoms with E-state index in [9.17, 15) is 0 Å². The molecule has 5 heteroatoms. The van der Waals surface area contributed by atoms with E-state index in [1.54, 1.807) is 7.11 Å². The van der Waals surface area contributed by atoms with Crippen molar-refractivity contribution in [2.75, 3.05) is 14.2 Å². The molecular formula is C11H22N4O. The molecule has 2 atom stereocenters. The molecule has 5 nitrogen and oxygen atoms in total. The monoisotopic (exact) mass is 226 g/mol. The number of likely N-dealkylation sites (N-methyl/N-ethyl adjacent to an activating group) is 1. The van der Waals surface area contributed by atoms with Crippen LogP contribution in [-0.4, -0.2) is 35.3 Å². The molecule has 0 bridgehead atoms. The highest BCUT2D eigenvalue weighted by atomic mass is 16.5. The number of aromatic nitrogens is 3. The van der Waals surface area contributed by atoms with Gasteiger partial charge in [0.05, 0.1) is 24.0 Å². The minimum Gasteiger partial charge on any atom is -0.379 e. The lowest BCUT2D eigenvalue weighted by Gasteiger charge is -2.24. The molecule has 0 saturated carbocycles. The zero-order valence-corrected chi connectivity index (χ0v) is 10.6. The lowest BCUT2D eigenvalue weighted by atomic mass is 10.1. The molecule has 0 spiro atoms. The first-order valence-corrected chi connectivity index (χ1v) is 5.86. The molecule has 0 aliphatic heterocycles. The Morgan fingerprint density at radius 2 is 2.25 bits per heavy atom. The number of nitrogens with one attached hydrogen (secondary N) is 1. The summed E-state index contributed by atoms with van der Waals surface area (Å²) in [6, 6.07) is 0.150. The van der Waals surface area contributed by atoms with Crippen LogP contribution < -0.4 is 5.32 Å². The molecule has 0 fully saturated rings. The number of nitrogens with zero attached hydrogens (tertiary/aromatic N) is 3. The maximum absolute atomic E-state index is 5.48. The summed E-state index contributed by atoms with van der Waals surface area (Å²) in [5, 5.41) is 11.4. The first-order valence-electron chi connectivity index (χ1n) is 5.86. The third-order valence-electron chi connectivity index (χ3n) is 2.79. The third-order valence-corrected chi connectivity index (χ3v) is 2.79. The van der Waals surface area contributed by atoms with Gasteiger partial charge >= 0.3 is 0 Å². The van der Waals surface area contributed by atoms with Crippen LogP contribution in [0.1, 0.15) is 38.4 Å². The van der Waals surface area contributed by atoms with Gasteiger partial charge in [0.25, 0.3) is 0 Å². The van der Waals surface area contributed by atoms with Gasteiger partial charge in [-0.05, 0) is 19.9 Å². The summed E-state index contributed by atoms with van der Waals surface area (Å²) in [7, 11) is 3.68. The van der Waals surface area contributed by atoms with Crippen LogP contribution in [0.2, 0.25) is 0 Å². The van der Waals surface area contributed by atoms with E-state index in [1.807, 2.05) is 17.9 Å². The van der Waals surface area contributed by atoms with Crippen LogP contribution >= 0.6 is 0 Å². The van der Waals surface area contributed by atoms with Crippen molar-refractivity contribution in [3.63, 3.8) is 0 Å². The Morgan fingerprint density at radius 3 is 2.75 bits per heavy atom. The maximum Gasteiger partial charge on any atom is 0.0783 e. The Bertz CT molecular complexity index is 296. The number of methoxy groups -OCH3 is 1. The number of hydrogen-bond acceptors (Lipinski definition) is 4. The molecule has 0 aliphatic carbocycles. The predicted molar refractivity (Wildman–Crippen MR) is 63.2 cm³/mol. The predicted octanol–water partition coefficient (Wildman–Crippen LogP) is 1.37. The zero-order chi connectivity index (χ0) is 12.0. The van der Waals surface area contributed by atoms with Crippen molar-refractivity contribution in [2.24, 2.45) is 0 Å². The van der Waals surface area contributed by atoms with Crippen LogP contribution in [-0.2, 0) is 11.3 Å². The fourth-order valence-electron chi connectivity index (χ4n) is 1.95. The Morgan fingerprint density at radius 1 is 1.50 bits per heavy atom. The van der Waals surface area contributed by atoms with Crippen molar-refractivity contribution in [3.05, 3.63) is 11.9 Å². The molecule has 0 radical (unpaired) electrons. The molecule has 1 rings (SSSR count). The van der Waals surface area contributed by atoms with Crippen molar-refractivity contribution < 1.29 is 4.74 Å². The molecule has 0 aliphatic rings. The average molecular weight is 226 g/mol. The highest BCUT2D eigenvalue weighted by Crippen LogP contribution is 2.20. The van der Waals surface area contributed by atoms with Crippen LogP contribution in [0.3, 0.4) is 0 Å². The molecule has 1 N–H and O–H groups in total. The third kappa shape index (κ3) is 2.80. The fourth-order valence-corrected chi connectivity index (χ4v) is 1.95. The van der Waals surface area contributed by atoms with Crippen LogP contribution in [0.15, 0.2) is 6.20 Å². The van der Waals surface area contributed by atoms with Crippen LogP contribution in [0, 0.1) is 0 Å². The summed E-state index contributed by atoms with van der Waals surface area (Å²) >= 11 is 0. The Balaban J connectivity index is 2.88. The van der Waals surface area contributed by atoms with E-state index in [2.05, 4.69) is 29.5 Å². The van der Waals surface area contributed by atoms with Gasteiger partial charge in [0.1, 0.15) is 0 Å². The minimum absolute atomic E-state index is 0.150. The van der Waals surface area contributed by atoms with Gasteiger partial charge in [-0.1, -0.05) is 19.1 Å². The van der Waals surface area contributed by atoms with Gasteiger partial charge in [0, 0.05) is 13.7 Å². The van der Waals surface area contributed by atoms with Crippen LogP contribution in [0.5, 0.6) is 0 Å². The Kier molecular flexibility index (Phi) is 5.42. The van der Waals surface area contributed by atoms with E-state index >= 15 is 0 Å². The molecular weight excluding hydrogens is 204 g/mol. The zero-order valence-electron chi connectivity index (χ0n) is 10.6. The Labute approximate surface area is 97.2 Å². The fraction of sp³-hybridized carbons (Fsp3) is 0.818. The van der Waals surface area contributed by atoms with E-state index in [1.165, 1.54) is 0 Å². The van der Waals surface area contributed by atoms with E-state index < -0.39 is 0 Å². The summed E-state index contributed by atoms with van der Waals surface area (Å²) in [5.41, 5.74) is 1.10. The lowest BCUT2D eigenvalue weighted by molar-refractivity contribution is 0.0647. The van der Waals surface area contributed by atoms with Crippen molar-refractivity contribution in [1.29, 1.82) is 0 Å². The molecule has 1 heterocycles. The van der Waals surface area contributed by atoms with E-state index in [0.29, 0.717) is 0 Å². The number of ether oxygens (including phenoxy) is 1. The quantitative estimate of drug-likeness (QED) is 0.763. The van der Waals surface area contributed by atoms with Crippen molar-refractivity contribution >= 4 is 0 Å². The summed E-state index contributed by atoms with van der Waals surface area (Å²) in [6.45, 7) is 5.15. The molecule has 2 unspecified atom stereocenters. The van der Waals surface area contributed by atoms with Gasteiger partial charge < -0.3 is 10.1 Å². The second kappa shape index (κ2) is 6.60. The summed E-state index contributed by atoms with van der Waals surface area (Å²) < 4.78 is 7.43. The highest BCUT2D eigenvalue weighted by molar-refractivity contribution is 5.04. The summed E-state index contributed by atoms with van der Waals surface area (Å²) in [4.78, 5) is 0.